The highest BCUT2D eigenvalue weighted by Crippen LogP contribution is 2.24. The number of sulfonamides is 1. The van der Waals surface area contributed by atoms with Gasteiger partial charge in [0.2, 0.25) is 10.0 Å². The second-order valence-corrected chi connectivity index (χ2v) is 6.53. The van der Waals surface area contributed by atoms with Crippen LogP contribution in [0, 0.1) is 17.0 Å². The summed E-state index contributed by atoms with van der Waals surface area (Å²) in [4.78, 5) is 10.3. The average Bonchev–Trinajstić information content (AvgIpc) is 2.46. The molecule has 0 spiro atoms. The van der Waals surface area contributed by atoms with Crippen LogP contribution in [0.2, 0.25) is 0 Å². The van der Waals surface area contributed by atoms with Gasteiger partial charge in [-0.3, -0.25) is 10.1 Å². The van der Waals surface area contributed by atoms with Gasteiger partial charge in [0.1, 0.15) is 0 Å². The molecule has 1 aromatic carbocycles. The van der Waals surface area contributed by atoms with Crippen LogP contribution in [0.4, 0.5) is 5.69 Å². The van der Waals surface area contributed by atoms with Crippen molar-refractivity contribution in [2.75, 3.05) is 19.6 Å². The lowest BCUT2D eigenvalue weighted by molar-refractivity contribution is -0.385. The molecule has 0 atom stereocenters. The lowest BCUT2D eigenvalue weighted by Crippen LogP contribution is -2.30. The Morgan fingerprint density at radius 2 is 2.19 bits per heavy atom. The number of nitro groups is 1. The van der Waals surface area contributed by atoms with Crippen molar-refractivity contribution in [2.45, 2.75) is 18.2 Å². The van der Waals surface area contributed by atoms with Crippen LogP contribution < -0.4 is 10.0 Å². The van der Waals surface area contributed by atoms with Gasteiger partial charge in [0.15, 0.2) is 0 Å². The van der Waals surface area contributed by atoms with Crippen LogP contribution in [0.15, 0.2) is 34.7 Å². The van der Waals surface area contributed by atoms with Crippen molar-refractivity contribution in [3.63, 3.8) is 0 Å². The largest absolute Gasteiger partial charge is 0.313 e. The molecular weight excluding hydrogens is 294 g/mol. The van der Waals surface area contributed by atoms with Crippen molar-refractivity contribution in [3.8, 4) is 0 Å². The minimum absolute atomic E-state index is 0.0498. The standard InChI is InChI=1S/C13H17N3O4S/c1-10-12(16(17)18)3-2-4-13(10)21(19,20)15-9-11-5-7-14-8-6-11/h2-5,14-15H,6-9H2,1H3. The van der Waals surface area contributed by atoms with E-state index in [1.807, 2.05) is 6.08 Å². The van der Waals surface area contributed by atoms with E-state index < -0.39 is 14.9 Å². The molecule has 1 aromatic rings. The number of hydrogen-bond acceptors (Lipinski definition) is 5. The SMILES string of the molecule is Cc1c([N+](=O)[O-])cccc1S(=O)(=O)NCC1=CCNCC1. The maximum absolute atomic E-state index is 12.3. The summed E-state index contributed by atoms with van der Waals surface area (Å²) in [6, 6.07) is 4.05. The molecule has 0 saturated carbocycles. The Morgan fingerprint density at radius 1 is 1.43 bits per heavy atom. The molecule has 0 amide bonds. The van der Waals surface area contributed by atoms with Gasteiger partial charge in [0.05, 0.1) is 9.82 Å². The normalized spacial score (nSPS) is 15.6. The van der Waals surface area contributed by atoms with E-state index in [0.29, 0.717) is 0 Å². The molecule has 2 rings (SSSR count). The minimum Gasteiger partial charge on any atom is -0.313 e. The van der Waals surface area contributed by atoms with Gasteiger partial charge in [0.25, 0.3) is 5.69 Å². The van der Waals surface area contributed by atoms with Crippen molar-refractivity contribution in [1.82, 2.24) is 10.0 Å². The molecule has 21 heavy (non-hydrogen) atoms. The fraction of sp³-hybridized carbons (Fsp3) is 0.385. The molecule has 1 aliphatic heterocycles. The third-order valence-electron chi connectivity index (χ3n) is 3.39. The summed E-state index contributed by atoms with van der Waals surface area (Å²) in [5.41, 5.74) is 0.966. The average molecular weight is 311 g/mol. The lowest BCUT2D eigenvalue weighted by atomic mass is 10.1. The molecule has 0 bridgehead atoms. The number of nitrogens with one attached hydrogen (secondary N) is 2. The molecule has 0 radical (unpaired) electrons. The van der Waals surface area contributed by atoms with E-state index >= 15 is 0 Å². The van der Waals surface area contributed by atoms with Crippen LogP contribution in [0.5, 0.6) is 0 Å². The maximum Gasteiger partial charge on any atom is 0.273 e. The van der Waals surface area contributed by atoms with E-state index in [0.717, 1.165) is 25.1 Å². The summed E-state index contributed by atoms with van der Waals surface area (Å²) in [5, 5.41) is 14.0. The van der Waals surface area contributed by atoms with E-state index in [4.69, 9.17) is 0 Å². The van der Waals surface area contributed by atoms with Gasteiger partial charge < -0.3 is 5.32 Å². The first-order valence-electron chi connectivity index (χ1n) is 6.54. The third-order valence-corrected chi connectivity index (χ3v) is 4.93. The topological polar surface area (TPSA) is 101 Å². The Balaban J connectivity index is 2.21. The van der Waals surface area contributed by atoms with Gasteiger partial charge in [0, 0.05) is 24.7 Å². The van der Waals surface area contributed by atoms with E-state index in [1.54, 1.807) is 0 Å². The van der Waals surface area contributed by atoms with Gasteiger partial charge in [-0.15, -0.1) is 0 Å². The van der Waals surface area contributed by atoms with Crippen molar-refractivity contribution >= 4 is 15.7 Å². The van der Waals surface area contributed by atoms with Crippen molar-refractivity contribution in [3.05, 3.63) is 45.5 Å². The Morgan fingerprint density at radius 3 is 2.81 bits per heavy atom. The molecular formula is C13H17N3O4S. The quantitative estimate of drug-likeness (QED) is 0.482. The van der Waals surface area contributed by atoms with Gasteiger partial charge in [-0.1, -0.05) is 17.7 Å². The van der Waals surface area contributed by atoms with Crippen LogP contribution in [0.1, 0.15) is 12.0 Å². The summed E-state index contributed by atoms with van der Waals surface area (Å²) >= 11 is 0. The second kappa shape index (κ2) is 6.33. The van der Waals surface area contributed by atoms with Crippen LogP contribution >= 0.6 is 0 Å². The van der Waals surface area contributed by atoms with E-state index in [2.05, 4.69) is 10.0 Å². The van der Waals surface area contributed by atoms with Crippen molar-refractivity contribution < 1.29 is 13.3 Å². The molecule has 8 heteroatoms. The van der Waals surface area contributed by atoms with Crippen LogP contribution in [-0.2, 0) is 10.0 Å². The molecule has 1 heterocycles. The Hall–Kier alpha value is -1.77. The molecule has 0 aromatic heterocycles. The molecule has 0 unspecified atom stereocenters. The number of nitrogens with zero attached hydrogens (tertiary/aromatic N) is 1. The zero-order valence-corrected chi connectivity index (χ0v) is 12.4. The molecule has 0 saturated heterocycles. The van der Waals surface area contributed by atoms with Gasteiger partial charge >= 0.3 is 0 Å². The summed E-state index contributed by atoms with van der Waals surface area (Å²) < 4.78 is 27.1. The van der Waals surface area contributed by atoms with E-state index in [1.165, 1.54) is 25.1 Å². The molecule has 2 N–H and O–H groups in total. The van der Waals surface area contributed by atoms with Crippen molar-refractivity contribution in [2.24, 2.45) is 0 Å². The highest BCUT2D eigenvalue weighted by molar-refractivity contribution is 7.89. The van der Waals surface area contributed by atoms with Gasteiger partial charge in [-0.05, 0) is 26.0 Å². The molecule has 7 nitrogen and oxygen atoms in total. The molecule has 1 aliphatic rings. The predicted molar refractivity (Wildman–Crippen MR) is 78.6 cm³/mol. The maximum atomic E-state index is 12.3. The Kier molecular flexibility index (Phi) is 4.71. The van der Waals surface area contributed by atoms with Gasteiger partial charge in [-0.2, -0.15) is 0 Å². The first-order chi connectivity index (χ1) is 9.92. The highest BCUT2D eigenvalue weighted by atomic mass is 32.2. The summed E-state index contributed by atoms with van der Waals surface area (Å²) in [6.07, 6.45) is 2.74. The fourth-order valence-electron chi connectivity index (χ4n) is 2.19. The smallest absolute Gasteiger partial charge is 0.273 e. The van der Waals surface area contributed by atoms with E-state index in [-0.39, 0.29) is 22.7 Å². The predicted octanol–water partition coefficient (Wildman–Crippen LogP) is 1.10. The monoisotopic (exact) mass is 311 g/mol. The summed E-state index contributed by atoms with van der Waals surface area (Å²) in [7, 11) is -3.76. The lowest BCUT2D eigenvalue weighted by Gasteiger charge is -2.15. The zero-order chi connectivity index (χ0) is 15.5. The first-order valence-corrected chi connectivity index (χ1v) is 8.02. The number of benzene rings is 1. The Bertz CT molecular complexity index is 683. The van der Waals surface area contributed by atoms with Crippen molar-refractivity contribution in [1.29, 1.82) is 0 Å². The van der Waals surface area contributed by atoms with Crippen LogP contribution in [0.25, 0.3) is 0 Å². The highest BCUT2D eigenvalue weighted by Gasteiger charge is 2.22. The summed E-state index contributed by atoms with van der Waals surface area (Å²) in [5.74, 6) is 0. The zero-order valence-electron chi connectivity index (χ0n) is 11.6. The second-order valence-electron chi connectivity index (χ2n) is 4.80. The van der Waals surface area contributed by atoms with Gasteiger partial charge in [-0.25, -0.2) is 13.1 Å². The minimum atomic E-state index is -3.76. The van der Waals surface area contributed by atoms with E-state index in [9.17, 15) is 18.5 Å². The molecule has 0 fully saturated rings. The summed E-state index contributed by atoms with van der Waals surface area (Å²) in [6.45, 7) is 3.22. The van der Waals surface area contributed by atoms with Crippen LogP contribution in [0.3, 0.4) is 0 Å². The third kappa shape index (κ3) is 3.66. The number of hydrogen-bond donors (Lipinski definition) is 2. The molecule has 0 aliphatic carbocycles. The first kappa shape index (κ1) is 15.6. The molecule has 114 valence electrons. The fourth-order valence-corrected chi connectivity index (χ4v) is 3.48. The Labute approximate surface area is 123 Å². The number of nitro benzene ring substituents is 1. The number of rotatable bonds is 5. The van der Waals surface area contributed by atoms with Crippen LogP contribution in [-0.4, -0.2) is 33.0 Å².